The number of rotatable bonds is 5. The van der Waals surface area contributed by atoms with Crippen LogP contribution in [0.1, 0.15) is 0 Å². The number of benzene rings is 2. The van der Waals surface area contributed by atoms with Gasteiger partial charge in [-0.2, -0.15) is 0 Å². The molecule has 0 bridgehead atoms. The van der Waals surface area contributed by atoms with Crippen molar-refractivity contribution in [1.29, 1.82) is 0 Å². The molecule has 1 heterocycles. The third-order valence-electron chi connectivity index (χ3n) is 3.51. The largest absolute Gasteiger partial charge is 0.493 e. The van der Waals surface area contributed by atoms with E-state index in [1.165, 1.54) is 20.5 Å². The van der Waals surface area contributed by atoms with Crippen molar-refractivity contribution in [2.75, 3.05) is 19.5 Å². The van der Waals surface area contributed by atoms with Crippen molar-refractivity contribution in [2.24, 2.45) is 0 Å². The molecule has 0 fully saturated rings. The van der Waals surface area contributed by atoms with Gasteiger partial charge in [-0.3, -0.25) is 10.1 Å². The number of nitrogens with zero attached hydrogens (tertiary/aromatic N) is 3. The van der Waals surface area contributed by atoms with Crippen molar-refractivity contribution < 1.29 is 14.4 Å². The summed E-state index contributed by atoms with van der Waals surface area (Å²) in [6, 6.07) is 8.49. The first-order valence-corrected chi connectivity index (χ1v) is 7.49. The molecule has 1 N–H and O–H groups in total. The molecular weight excluding hydrogens is 348 g/mol. The normalized spacial score (nSPS) is 10.5. The first-order valence-electron chi connectivity index (χ1n) is 7.11. The number of nitro benzene ring substituents is 1. The number of hydrogen-bond donors (Lipinski definition) is 1. The fourth-order valence-electron chi connectivity index (χ4n) is 2.48. The number of nitrogens with one attached hydrogen (secondary N) is 1. The minimum absolute atomic E-state index is 0.00365. The molecule has 0 aliphatic heterocycles. The maximum Gasteiger partial charge on any atom is 0.327 e. The lowest BCUT2D eigenvalue weighted by Gasteiger charge is -2.13. The first-order chi connectivity index (χ1) is 12.0. The van der Waals surface area contributed by atoms with Crippen molar-refractivity contribution in [1.82, 2.24) is 9.97 Å². The van der Waals surface area contributed by atoms with E-state index in [9.17, 15) is 10.1 Å². The lowest BCUT2D eigenvalue weighted by atomic mass is 10.1. The van der Waals surface area contributed by atoms with E-state index in [0.717, 1.165) is 0 Å². The highest BCUT2D eigenvalue weighted by Crippen LogP contribution is 2.44. The number of nitro groups is 1. The number of ether oxygens (including phenoxy) is 2. The van der Waals surface area contributed by atoms with Gasteiger partial charge in [0.25, 0.3) is 0 Å². The van der Waals surface area contributed by atoms with Gasteiger partial charge in [0.2, 0.25) is 5.75 Å². The summed E-state index contributed by atoms with van der Waals surface area (Å²) in [6.07, 6.45) is 1.31. The number of methoxy groups -OCH3 is 2. The Kier molecular flexibility index (Phi) is 4.53. The van der Waals surface area contributed by atoms with Gasteiger partial charge in [0.15, 0.2) is 5.75 Å². The van der Waals surface area contributed by atoms with Crippen molar-refractivity contribution in [2.45, 2.75) is 0 Å². The predicted molar refractivity (Wildman–Crippen MR) is 94.0 cm³/mol. The molecule has 0 unspecified atom stereocenters. The summed E-state index contributed by atoms with van der Waals surface area (Å²) in [5, 5.41) is 15.5. The summed E-state index contributed by atoms with van der Waals surface area (Å²) in [4.78, 5) is 19.4. The average Bonchev–Trinajstić information content (AvgIpc) is 2.60. The molecule has 0 saturated heterocycles. The van der Waals surface area contributed by atoms with E-state index in [4.69, 9.17) is 21.1 Å². The SMILES string of the molecule is COc1cc2ncnc(Nc3cccc(Cl)c3)c2c([N+](=O)[O-])c1OC. The Morgan fingerprint density at radius 3 is 2.64 bits per heavy atom. The van der Waals surface area contributed by atoms with Gasteiger partial charge in [-0.15, -0.1) is 0 Å². The molecule has 0 amide bonds. The summed E-state index contributed by atoms with van der Waals surface area (Å²) < 4.78 is 10.4. The lowest BCUT2D eigenvalue weighted by molar-refractivity contribution is -0.384. The zero-order valence-electron chi connectivity index (χ0n) is 13.3. The Morgan fingerprint density at radius 1 is 1.20 bits per heavy atom. The summed E-state index contributed by atoms with van der Waals surface area (Å²) in [7, 11) is 2.74. The van der Waals surface area contributed by atoms with E-state index in [-0.39, 0.29) is 28.4 Å². The molecule has 0 radical (unpaired) electrons. The van der Waals surface area contributed by atoms with Crippen LogP contribution in [0.5, 0.6) is 11.5 Å². The van der Waals surface area contributed by atoms with Crippen LogP contribution in [0.2, 0.25) is 5.02 Å². The first kappa shape index (κ1) is 16.7. The second-order valence-corrected chi connectivity index (χ2v) is 5.41. The molecular formula is C16H13ClN4O4. The smallest absolute Gasteiger partial charge is 0.327 e. The summed E-state index contributed by atoms with van der Waals surface area (Å²) in [5.74, 6) is 0.484. The maximum atomic E-state index is 11.7. The van der Waals surface area contributed by atoms with Crippen LogP contribution in [-0.2, 0) is 0 Å². The van der Waals surface area contributed by atoms with Crippen LogP contribution < -0.4 is 14.8 Å². The quantitative estimate of drug-likeness (QED) is 0.543. The number of halogens is 1. The number of aromatic nitrogens is 2. The van der Waals surface area contributed by atoms with Crippen LogP contribution >= 0.6 is 11.6 Å². The molecule has 0 spiro atoms. The van der Waals surface area contributed by atoms with Gasteiger partial charge in [-0.25, -0.2) is 9.97 Å². The highest BCUT2D eigenvalue weighted by molar-refractivity contribution is 6.30. The number of anilines is 2. The Labute approximate surface area is 147 Å². The van der Waals surface area contributed by atoms with E-state index < -0.39 is 4.92 Å². The van der Waals surface area contributed by atoms with Crippen molar-refractivity contribution >= 4 is 39.7 Å². The zero-order valence-corrected chi connectivity index (χ0v) is 14.1. The van der Waals surface area contributed by atoms with Crippen LogP contribution in [0.25, 0.3) is 10.9 Å². The van der Waals surface area contributed by atoms with E-state index in [1.807, 2.05) is 0 Å². The van der Waals surface area contributed by atoms with Crippen LogP contribution in [-0.4, -0.2) is 29.1 Å². The van der Waals surface area contributed by atoms with Gasteiger partial charge >= 0.3 is 5.69 Å². The number of fused-ring (bicyclic) bond motifs is 1. The monoisotopic (exact) mass is 360 g/mol. The fraction of sp³-hybridized carbons (Fsp3) is 0.125. The molecule has 128 valence electrons. The van der Waals surface area contributed by atoms with Gasteiger partial charge in [0.05, 0.1) is 24.7 Å². The van der Waals surface area contributed by atoms with E-state index in [2.05, 4.69) is 15.3 Å². The molecule has 0 aliphatic carbocycles. The molecule has 2 aromatic carbocycles. The lowest BCUT2D eigenvalue weighted by Crippen LogP contribution is -2.02. The molecule has 0 saturated carbocycles. The van der Waals surface area contributed by atoms with Gasteiger partial charge in [-0.1, -0.05) is 17.7 Å². The zero-order chi connectivity index (χ0) is 18.0. The predicted octanol–water partition coefficient (Wildman–Crippen LogP) is 3.95. The fourth-order valence-corrected chi connectivity index (χ4v) is 2.67. The molecule has 8 nitrogen and oxygen atoms in total. The third-order valence-corrected chi connectivity index (χ3v) is 3.75. The maximum absolute atomic E-state index is 11.7. The average molecular weight is 361 g/mol. The topological polar surface area (TPSA) is 99.4 Å². The van der Waals surface area contributed by atoms with Crippen LogP contribution in [0.15, 0.2) is 36.7 Å². The summed E-state index contributed by atoms with van der Waals surface area (Å²) >= 11 is 5.98. The second-order valence-electron chi connectivity index (χ2n) is 4.97. The minimum atomic E-state index is -0.545. The molecule has 0 atom stereocenters. The van der Waals surface area contributed by atoms with Crippen LogP contribution in [0.3, 0.4) is 0 Å². The molecule has 3 rings (SSSR count). The summed E-state index contributed by atoms with van der Waals surface area (Å²) in [6.45, 7) is 0. The minimum Gasteiger partial charge on any atom is -0.493 e. The summed E-state index contributed by atoms with van der Waals surface area (Å²) in [5.41, 5.74) is 0.711. The van der Waals surface area contributed by atoms with Crippen molar-refractivity contribution in [3.8, 4) is 11.5 Å². The standard InChI is InChI=1S/C16H13ClN4O4/c1-24-12-7-11-13(14(21(22)23)15(12)25-2)16(19-8-18-11)20-10-5-3-4-9(17)6-10/h3-8H,1-2H3,(H,18,19,20). The van der Waals surface area contributed by atoms with Crippen LogP contribution in [0.4, 0.5) is 17.2 Å². The van der Waals surface area contributed by atoms with Gasteiger partial charge < -0.3 is 14.8 Å². The van der Waals surface area contributed by atoms with E-state index in [0.29, 0.717) is 16.2 Å². The molecule has 3 aromatic rings. The molecule has 9 heteroatoms. The highest BCUT2D eigenvalue weighted by atomic mass is 35.5. The third kappa shape index (κ3) is 3.11. The molecule has 1 aromatic heterocycles. The van der Waals surface area contributed by atoms with Crippen molar-refractivity contribution in [3.63, 3.8) is 0 Å². The highest BCUT2D eigenvalue weighted by Gasteiger charge is 2.28. The van der Waals surface area contributed by atoms with Gasteiger partial charge in [0.1, 0.15) is 17.5 Å². The van der Waals surface area contributed by atoms with Crippen molar-refractivity contribution in [3.05, 3.63) is 51.8 Å². The van der Waals surface area contributed by atoms with E-state index in [1.54, 1.807) is 30.3 Å². The van der Waals surface area contributed by atoms with E-state index >= 15 is 0 Å². The molecule has 0 aliphatic rings. The van der Waals surface area contributed by atoms with Gasteiger partial charge in [0, 0.05) is 16.8 Å². The van der Waals surface area contributed by atoms with Gasteiger partial charge in [-0.05, 0) is 18.2 Å². The Morgan fingerprint density at radius 2 is 2.00 bits per heavy atom. The Balaban J connectivity index is 2.28. The number of hydrogen-bond acceptors (Lipinski definition) is 7. The Bertz CT molecular complexity index is 964. The molecule has 25 heavy (non-hydrogen) atoms. The second kappa shape index (κ2) is 6.78. The van der Waals surface area contributed by atoms with Crippen LogP contribution in [0, 0.1) is 10.1 Å². The Hall–Kier alpha value is -3.13.